The van der Waals surface area contributed by atoms with Crippen LogP contribution in [0.4, 0.5) is 14.9 Å². The van der Waals surface area contributed by atoms with E-state index in [2.05, 4.69) is 10.6 Å². The van der Waals surface area contributed by atoms with E-state index in [1.165, 1.54) is 18.4 Å². The number of rotatable bonds is 6. The Labute approximate surface area is 136 Å². The van der Waals surface area contributed by atoms with Gasteiger partial charge in [0.25, 0.3) is 0 Å². The molecule has 2 N–H and O–H groups in total. The van der Waals surface area contributed by atoms with E-state index in [0.717, 1.165) is 11.8 Å². The van der Waals surface area contributed by atoms with E-state index in [0.29, 0.717) is 13.2 Å². The van der Waals surface area contributed by atoms with Gasteiger partial charge in [-0.1, -0.05) is 18.2 Å². The molecule has 2 rings (SSSR count). The van der Waals surface area contributed by atoms with E-state index in [4.69, 9.17) is 4.74 Å². The van der Waals surface area contributed by atoms with Gasteiger partial charge in [-0.05, 0) is 30.3 Å². The molecule has 0 radical (unpaired) electrons. The lowest BCUT2D eigenvalue weighted by Crippen LogP contribution is -2.32. The molecule has 2 aromatic carbocycles. The van der Waals surface area contributed by atoms with Crippen molar-refractivity contribution in [3.8, 4) is 5.75 Å². The number of hydrogen-bond donors (Lipinski definition) is 2. The molecule has 1 atom stereocenters. The molecule has 0 aliphatic carbocycles. The summed E-state index contributed by atoms with van der Waals surface area (Å²) in [6.45, 7) is 0.625. The normalized spacial score (nSPS) is 11.6. The maximum atomic E-state index is 13.7. The van der Waals surface area contributed by atoms with Crippen molar-refractivity contribution >= 4 is 22.5 Å². The van der Waals surface area contributed by atoms with Crippen LogP contribution in [0.1, 0.15) is 0 Å². The first-order chi connectivity index (χ1) is 11.1. The number of ether oxygens (including phenoxy) is 1. The molecule has 0 spiro atoms. The van der Waals surface area contributed by atoms with E-state index in [1.807, 2.05) is 30.3 Å². The maximum absolute atomic E-state index is 13.7. The van der Waals surface area contributed by atoms with Gasteiger partial charge in [0.1, 0.15) is 18.2 Å². The van der Waals surface area contributed by atoms with Gasteiger partial charge in [0.05, 0.1) is 22.2 Å². The smallest absolute Gasteiger partial charge is 0.319 e. The third-order valence-electron chi connectivity index (χ3n) is 2.90. The SMILES string of the molecule is C[S@](=O)c1ccc(NC(=O)NCCOc2ccccc2)cc1F. The third kappa shape index (κ3) is 5.37. The molecular weight excluding hydrogens is 319 g/mol. The Bertz CT molecular complexity index is 695. The van der Waals surface area contributed by atoms with E-state index in [-0.39, 0.29) is 10.6 Å². The molecule has 0 saturated carbocycles. The van der Waals surface area contributed by atoms with Crippen LogP contribution in [0, 0.1) is 5.82 Å². The number of carbonyl (C=O) groups excluding carboxylic acids is 1. The average molecular weight is 336 g/mol. The van der Waals surface area contributed by atoms with Crippen LogP contribution >= 0.6 is 0 Å². The van der Waals surface area contributed by atoms with E-state index < -0.39 is 22.6 Å². The van der Waals surface area contributed by atoms with Crippen molar-refractivity contribution in [2.45, 2.75) is 4.90 Å². The Morgan fingerprint density at radius 1 is 1.22 bits per heavy atom. The molecule has 2 amide bonds. The van der Waals surface area contributed by atoms with Gasteiger partial charge in [0.15, 0.2) is 0 Å². The second-order valence-electron chi connectivity index (χ2n) is 4.64. The first-order valence-corrected chi connectivity index (χ1v) is 8.48. The first-order valence-electron chi connectivity index (χ1n) is 6.92. The largest absolute Gasteiger partial charge is 0.492 e. The fourth-order valence-corrected chi connectivity index (χ4v) is 2.43. The zero-order valence-corrected chi connectivity index (χ0v) is 13.4. The summed E-state index contributed by atoms with van der Waals surface area (Å²) in [5.41, 5.74) is 0.290. The highest BCUT2D eigenvalue weighted by molar-refractivity contribution is 7.84. The fraction of sp³-hybridized carbons (Fsp3) is 0.188. The molecule has 0 unspecified atom stereocenters. The lowest BCUT2D eigenvalue weighted by molar-refractivity contribution is 0.247. The standard InChI is InChI=1S/C16H17FN2O3S/c1-23(21)15-8-7-12(11-14(15)17)19-16(20)18-9-10-22-13-5-3-2-4-6-13/h2-8,11H,9-10H2,1H3,(H2,18,19,20)/t23-/m0/s1. The van der Waals surface area contributed by atoms with Gasteiger partial charge in [-0.25, -0.2) is 9.18 Å². The summed E-state index contributed by atoms with van der Waals surface area (Å²) in [7, 11) is -1.41. The number of para-hydroxylation sites is 1. The van der Waals surface area contributed by atoms with Gasteiger partial charge in [-0.15, -0.1) is 0 Å². The first kappa shape index (κ1) is 17.0. The van der Waals surface area contributed by atoms with Crippen molar-refractivity contribution in [2.75, 3.05) is 24.7 Å². The van der Waals surface area contributed by atoms with Gasteiger partial charge in [-0.2, -0.15) is 0 Å². The maximum Gasteiger partial charge on any atom is 0.319 e. The van der Waals surface area contributed by atoms with E-state index >= 15 is 0 Å². The van der Waals surface area contributed by atoms with E-state index in [1.54, 1.807) is 0 Å². The average Bonchev–Trinajstić information content (AvgIpc) is 2.52. The zero-order chi connectivity index (χ0) is 16.7. The number of nitrogens with one attached hydrogen (secondary N) is 2. The molecule has 23 heavy (non-hydrogen) atoms. The highest BCUT2D eigenvalue weighted by atomic mass is 32.2. The van der Waals surface area contributed by atoms with Crippen molar-refractivity contribution in [1.29, 1.82) is 0 Å². The molecule has 0 bridgehead atoms. The van der Waals surface area contributed by atoms with Crippen LogP contribution in [0.5, 0.6) is 5.75 Å². The van der Waals surface area contributed by atoms with Gasteiger partial charge in [0.2, 0.25) is 0 Å². The van der Waals surface area contributed by atoms with Crippen molar-refractivity contribution in [3.05, 3.63) is 54.3 Å². The van der Waals surface area contributed by atoms with Crippen LogP contribution in [0.25, 0.3) is 0 Å². The summed E-state index contributed by atoms with van der Waals surface area (Å²) in [6.07, 6.45) is 1.39. The van der Waals surface area contributed by atoms with Crippen LogP contribution in [0.3, 0.4) is 0 Å². The zero-order valence-electron chi connectivity index (χ0n) is 12.5. The summed E-state index contributed by atoms with van der Waals surface area (Å²) in [5.74, 6) is 0.107. The Morgan fingerprint density at radius 2 is 1.96 bits per heavy atom. The Kier molecular flexibility index (Phi) is 6.10. The highest BCUT2D eigenvalue weighted by Crippen LogP contribution is 2.16. The molecule has 0 fully saturated rings. The van der Waals surface area contributed by atoms with Crippen LogP contribution in [0.15, 0.2) is 53.4 Å². The van der Waals surface area contributed by atoms with E-state index in [9.17, 15) is 13.4 Å². The molecule has 0 aliphatic rings. The summed E-state index contributed by atoms with van der Waals surface area (Å²) >= 11 is 0. The summed E-state index contributed by atoms with van der Waals surface area (Å²) in [6, 6.07) is 12.8. The van der Waals surface area contributed by atoms with Crippen LogP contribution < -0.4 is 15.4 Å². The predicted octanol–water partition coefficient (Wildman–Crippen LogP) is 2.76. The third-order valence-corrected chi connectivity index (χ3v) is 3.85. The molecule has 2 aromatic rings. The molecule has 122 valence electrons. The quantitative estimate of drug-likeness (QED) is 0.797. The van der Waals surface area contributed by atoms with Crippen LogP contribution in [-0.4, -0.2) is 29.6 Å². The van der Waals surface area contributed by atoms with Gasteiger partial charge in [-0.3, -0.25) is 4.21 Å². The molecular formula is C16H17FN2O3S. The fourth-order valence-electron chi connectivity index (χ4n) is 1.84. The van der Waals surface area contributed by atoms with Crippen molar-refractivity contribution in [1.82, 2.24) is 5.32 Å². The van der Waals surface area contributed by atoms with Crippen molar-refractivity contribution in [2.24, 2.45) is 0 Å². The number of anilines is 1. The molecule has 0 saturated heterocycles. The van der Waals surface area contributed by atoms with Crippen LogP contribution in [-0.2, 0) is 10.8 Å². The lowest BCUT2D eigenvalue weighted by Gasteiger charge is -2.09. The minimum Gasteiger partial charge on any atom is -0.492 e. The number of carbonyl (C=O) groups is 1. The van der Waals surface area contributed by atoms with Crippen LogP contribution in [0.2, 0.25) is 0 Å². The summed E-state index contributed by atoms with van der Waals surface area (Å²) in [4.78, 5) is 11.8. The molecule has 5 nitrogen and oxygen atoms in total. The minimum absolute atomic E-state index is 0.104. The number of hydrogen-bond acceptors (Lipinski definition) is 3. The second kappa shape index (κ2) is 8.28. The monoisotopic (exact) mass is 336 g/mol. The Hall–Kier alpha value is -2.41. The molecule has 0 aromatic heterocycles. The highest BCUT2D eigenvalue weighted by Gasteiger charge is 2.08. The van der Waals surface area contributed by atoms with Gasteiger partial charge < -0.3 is 15.4 Å². The minimum atomic E-state index is -1.41. The summed E-state index contributed by atoms with van der Waals surface area (Å²) < 4.78 is 30.3. The molecule has 7 heteroatoms. The Balaban J connectivity index is 1.76. The van der Waals surface area contributed by atoms with Gasteiger partial charge in [0, 0.05) is 11.9 Å². The number of amides is 2. The molecule has 0 heterocycles. The number of benzene rings is 2. The number of halogens is 1. The lowest BCUT2D eigenvalue weighted by atomic mass is 10.3. The number of urea groups is 1. The van der Waals surface area contributed by atoms with Crippen molar-refractivity contribution in [3.63, 3.8) is 0 Å². The van der Waals surface area contributed by atoms with Crippen molar-refractivity contribution < 1.29 is 18.1 Å². The topological polar surface area (TPSA) is 67.4 Å². The second-order valence-corrected chi connectivity index (χ2v) is 5.99. The predicted molar refractivity (Wildman–Crippen MR) is 87.7 cm³/mol. The van der Waals surface area contributed by atoms with Gasteiger partial charge >= 0.3 is 6.03 Å². The Morgan fingerprint density at radius 3 is 2.61 bits per heavy atom. The molecule has 0 aliphatic heterocycles. The summed E-state index contributed by atoms with van der Waals surface area (Å²) in [5, 5.41) is 5.10.